The van der Waals surface area contributed by atoms with Crippen LogP contribution in [0.4, 0.5) is 4.79 Å². The van der Waals surface area contributed by atoms with Gasteiger partial charge in [0.25, 0.3) is 0 Å². The van der Waals surface area contributed by atoms with Crippen LogP contribution in [0.25, 0.3) is 0 Å². The Balaban J connectivity index is 2.76. The van der Waals surface area contributed by atoms with E-state index in [1.165, 1.54) is 0 Å². The summed E-state index contributed by atoms with van der Waals surface area (Å²) in [6, 6.07) is -0.298. The predicted molar refractivity (Wildman–Crippen MR) is 70.4 cm³/mol. The Morgan fingerprint density at radius 3 is 2.33 bits per heavy atom. The number of Topliss-reactive ketones (excluding diaryl/α,β-unsaturated/α-hetero) is 1. The van der Waals surface area contributed by atoms with Gasteiger partial charge in [-0.2, -0.15) is 0 Å². The molecule has 0 unspecified atom stereocenters. The van der Waals surface area contributed by atoms with Crippen LogP contribution in [-0.4, -0.2) is 35.0 Å². The van der Waals surface area contributed by atoms with Crippen molar-refractivity contribution in [2.75, 3.05) is 6.54 Å². The molecule has 1 aliphatic rings. The van der Waals surface area contributed by atoms with Crippen molar-refractivity contribution in [3.8, 4) is 0 Å². The third-order valence-corrected chi connectivity index (χ3v) is 3.03. The van der Waals surface area contributed by atoms with E-state index in [1.54, 1.807) is 4.90 Å². The van der Waals surface area contributed by atoms with Crippen LogP contribution in [0.2, 0.25) is 0 Å². The van der Waals surface area contributed by atoms with Gasteiger partial charge in [0.05, 0.1) is 6.04 Å². The van der Waals surface area contributed by atoms with Gasteiger partial charge in [0.15, 0.2) is 5.78 Å². The molecule has 104 valence electrons. The van der Waals surface area contributed by atoms with E-state index in [2.05, 4.69) is 0 Å². The van der Waals surface area contributed by atoms with Gasteiger partial charge in [-0.3, -0.25) is 9.69 Å². The first-order valence-corrected chi connectivity index (χ1v) is 6.75. The fraction of sp³-hybridized carbons (Fsp3) is 0.857. The number of carbonyl (C=O) groups is 2. The van der Waals surface area contributed by atoms with Gasteiger partial charge < -0.3 is 4.74 Å². The molecule has 1 amide bonds. The summed E-state index contributed by atoms with van der Waals surface area (Å²) in [5, 5.41) is 0. The summed E-state index contributed by atoms with van der Waals surface area (Å²) in [5.41, 5.74) is -0.514. The first kappa shape index (κ1) is 15.0. The molecular formula is C14H25NO3. The molecule has 0 aliphatic carbocycles. The Hall–Kier alpha value is -1.06. The molecule has 0 aromatic carbocycles. The summed E-state index contributed by atoms with van der Waals surface area (Å²) >= 11 is 0. The van der Waals surface area contributed by atoms with Gasteiger partial charge in [-0.25, -0.2) is 4.79 Å². The highest BCUT2D eigenvalue weighted by molar-refractivity contribution is 5.89. The SMILES string of the molecule is CC(C)C(=O)[C@@H]1CCCCN1C(=O)OC(C)(C)C. The topological polar surface area (TPSA) is 46.6 Å². The Bertz CT molecular complexity index is 317. The van der Waals surface area contributed by atoms with Gasteiger partial charge in [-0.05, 0) is 40.0 Å². The number of amides is 1. The van der Waals surface area contributed by atoms with Crippen LogP contribution >= 0.6 is 0 Å². The molecule has 1 fully saturated rings. The molecule has 1 aliphatic heterocycles. The molecule has 1 rings (SSSR count). The van der Waals surface area contributed by atoms with Gasteiger partial charge >= 0.3 is 6.09 Å². The number of nitrogens with zero attached hydrogens (tertiary/aromatic N) is 1. The van der Waals surface area contributed by atoms with Crippen molar-refractivity contribution >= 4 is 11.9 Å². The van der Waals surface area contributed by atoms with Crippen LogP contribution in [0.3, 0.4) is 0 Å². The average Bonchev–Trinajstić information content (AvgIpc) is 2.25. The Morgan fingerprint density at radius 2 is 1.83 bits per heavy atom. The van der Waals surface area contributed by atoms with Crippen LogP contribution in [0, 0.1) is 5.92 Å². The van der Waals surface area contributed by atoms with E-state index in [9.17, 15) is 9.59 Å². The number of piperidine rings is 1. The fourth-order valence-corrected chi connectivity index (χ4v) is 2.15. The zero-order chi connectivity index (χ0) is 13.9. The van der Waals surface area contributed by atoms with Crippen molar-refractivity contribution in [3.05, 3.63) is 0 Å². The lowest BCUT2D eigenvalue weighted by Gasteiger charge is -2.36. The van der Waals surface area contributed by atoms with Crippen molar-refractivity contribution in [1.29, 1.82) is 0 Å². The van der Waals surface area contributed by atoms with E-state index in [4.69, 9.17) is 4.74 Å². The normalized spacial score (nSPS) is 21.0. The molecule has 18 heavy (non-hydrogen) atoms. The third-order valence-electron chi connectivity index (χ3n) is 3.03. The van der Waals surface area contributed by atoms with E-state index in [-0.39, 0.29) is 23.8 Å². The standard InChI is InChI=1S/C14H25NO3/c1-10(2)12(16)11-8-6-7-9-15(11)13(17)18-14(3,4)5/h10-11H,6-9H2,1-5H3/t11-/m0/s1. The minimum Gasteiger partial charge on any atom is -0.444 e. The number of ketones is 1. The predicted octanol–water partition coefficient (Wildman–Crippen LogP) is 3.00. The minimum atomic E-state index is -0.514. The van der Waals surface area contributed by atoms with Gasteiger partial charge in [0, 0.05) is 12.5 Å². The third kappa shape index (κ3) is 4.00. The molecule has 0 aromatic rings. The number of hydrogen-bond acceptors (Lipinski definition) is 3. The van der Waals surface area contributed by atoms with Crippen molar-refractivity contribution in [3.63, 3.8) is 0 Å². The zero-order valence-corrected chi connectivity index (χ0v) is 12.2. The number of hydrogen-bond donors (Lipinski definition) is 0. The summed E-state index contributed by atoms with van der Waals surface area (Å²) in [6.45, 7) is 9.91. The van der Waals surface area contributed by atoms with E-state index in [1.807, 2.05) is 34.6 Å². The summed E-state index contributed by atoms with van der Waals surface area (Å²) in [5.74, 6) is 0.0959. The quantitative estimate of drug-likeness (QED) is 0.762. The number of ether oxygens (including phenoxy) is 1. The summed E-state index contributed by atoms with van der Waals surface area (Å²) < 4.78 is 5.37. The van der Waals surface area contributed by atoms with Gasteiger partial charge in [0.1, 0.15) is 5.60 Å². The van der Waals surface area contributed by atoms with Crippen LogP contribution in [-0.2, 0) is 9.53 Å². The van der Waals surface area contributed by atoms with Gasteiger partial charge in [-0.15, -0.1) is 0 Å². The second kappa shape index (κ2) is 5.72. The molecular weight excluding hydrogens is 230 g/mol. The van der Waals surface area contributed by atoms with Gasteiger partial charge in [0.2, 0.25) is 0 Å². The molecule has 0 aromatic heterocycles. The maximum atomic E-state index is 12.1. The zero-order valence-electron chi connectivity index (χ0n) is 12.2. The molecule has 0 saturated carbocycles. The van der Waals surface area contributed by atoms with Crippen molar-refractivity contribution in [1.82, 2.24) is 4.90 Å². The maximum Gasteiger partial charge on any atom is 0.410 e. The van der Waals surface area contributed by atoms with E-state index < -0.39 is 5.60 Å². The molecule has 1 saturated heterocycles. The maximum absolute atomic E-state index is 12.1. The van der Waals surface area contributed by atoms with Crippen LogP contribution < -0.4 is 0 Å². The van der Waals surface area contributed by atoms with Gasteiger partial charge in [-0.1, -0.05) is 13.8 Å². The van der Waals surface area contributed by atoms with E-state index in [0.29, 0.717) is 6.54 Å². The van der Waals surface area contributed by atoms with Crippen molar-refractivity contribution < 1.29 is 14.3 Å². The summed E-state index contributed by atoms with van der Waals surface area (Å²) in [6.07, 6.45) is 2.35. The molecule has 1 atom stereocenters. The molecule has 0 bridgehead atoms. The van der Waals surface area contributed by atoms with Crippen LogP contribution in [0.15, 0.2) is 0 Å². The molecule has 4 nitrogen and oxygen atoms in total. The Labute approximate surface area is 110 Å². The monoisotopic (exact) mass is 255 g/mol. The summed E-state index contributed by atoms with van der Waals surface area (Å²) in [7, 11) is 0. The average molecular weight is 255 g/mol. The highest BCUT2D eigenvalue weighted by Crippen LogP contribution is 2.22. The minimum absolute atomic E-state index is 0.0435. The van der Waals surface area contributed by atoms with E-state index in [0.717, 1.165) is 19.3 Å². The van der Waals surface area contributed by atoms with Crippen LogP contribution in [0.1, 0.15) is 53.9 Å². The Kier molecular flexibility index (Phi) is 4.77. The van der Waals surface area contributed by atoms with E-state index >= 15 is 0 Å². The number of rotatable bonds is 2. The smallest absolute Gasteiger partial charge is 0.410 e. The molecule has 0 radical (unpaired) electrons. The highest BCUT2D eigenvalue weighted by Gasteiger charge is 2.35. The number of likely N-dealkylation sites (tertiary alicyclic amines) is 1. The highest BCUT2D eigenvalue weighted by atomic mass is 16.6. The largest absolute Gasteiger partial charge is 0.444 e. The first-order valence-electron chi connectivity index (χ1n) is 6.75. The molecule has 4 heteroatoms. The summed E-state index contributed by atoms with van der Waals surface area (Å²) in [4.78, 5) is 25.8. The van der Waals surface area contributed by atoms with Crippen LogP contribution in [0.5, 0.6) is 0 Å². The first-order chi connectivity index (χ1) is 8.22. The number of carbonyl (C=O) groups excluding carboxylic acids is 2. The fourth-order valence-electron chi connectivity index (χ4n) is 2.15. The molecule has 0 N–H and O–H groups in total. The van der Waals surface area contributed by atoms with Crippen molar-refractivity contribution in [2.45, 2.75) is 65.5 Å². The Morgan fingerprint density at radius 1 is 1.22 bits per heavy atom. The lowest BCUT2D eigenvalue weighted by atomic mass is 9.93. The molecule has 0 spiro atoms. The second-order valence-electron chi connectivity index (χ2n) is 6.24. The van der Waals surface area contributed by atoms with Crippen molar-refractivity contribution in [2.24, 2.45) is 5.92 Å². The second-order valence-corrected chi connectivity index (χ2v) is 6.24. The lowest BCUT2D eigenvalue weighted by Crippen LogP contribution is -2.50. The molecule has 1 heterocycles. The lowest BCUT2D eigenvalue weighted by molar-refractivity contribution is -0.128.